The molecule has 0 aliphatic heterocycles. The summed E-state index contributed by atoms with van der Waals surface area (Å²) in [7, 11) is -4.10. The van der Waals surface area contributed by atoms with E-state index in [0.717, 1.165) is 12.3 Å². The molecule has 116 valence electrons. The third-order valence-electron chi connectivity index (χ3n) is 2.85. The van der Waals surface area contributed by atoms with Gasteiger partial charge >= 0.3 is 11.9 Å². The van der Waals surface area contributed by atoms with E-state index < -0.39 is 22.0 Å². The first-order chi connectivity index (χ1) is 10.2. The van der Waals surface area contributed by atoms with Crippen LogP contribution in [0, 0.1) is 6.92 Å². The molecule has 2 rings (SSSR count). The lowest BCUT2D eigenvalue weighted by molar-refractivity contribution is 0.0683. The van der Waals surface area contributed by atoms with Crippen molar-refractivity contribution in [3.05, 3.63) is 47.3 Å². The molecule has 0 aliphatic rings. The van der Waals surface area contributed by atoms with Crippen LogP contribution in [0.3, 0.4) is 0 Å². The maximum absolute atomic E-state index is 12.2. The van der Waals surface area contributed by atoms with Crippen LogP contribution in [0.1, 0.15) is 26.4 Å². The molecule has 1 heterocycles. The Morgan fingerprint density at radius 1 is 1.14 bits per heavy atom. The average molecular weight is 324 g/mol. The third-order valence-corrected chi connectivity index (χ3v) is 4.19. The summed E-state index contributed by atoms with van der Waals surface area (Å²) in [4.78, 5) is 23.9. The zero-order valence-corrected chi connectivity index (χ0v) is 12.1. The fourth-order valence-corrected chi connectivity index (χ4v) is 2.85. The van der Waals surface area contributed by atoms with Crippen molar-refractivity contribution in [3.8, 4) is 0 Å². The number of carboxylic acids is 2. The first-order valence-electron chi connectivity index (χ1n) is 5.99. The smallest absolute Gasteiger partial charge is 0.352 e. The van der Waals surface area contributed by atoms with Crippen LogP contribution in [0.5, 0.6) is 0 Å². The highest BCUT2D eigenvalue weighted by Crippen LogP contribution is 2.22. The van der Waals surface area contributed by atoms with Crippen LogP contribution in [0.2, 0.25) is 0 Å². The molecule has 1 aromatic carbocycles. The standard InChI is InChI=1S/C13H12N2O6S/c1-7-2-3-10(9(4-7)12(16)17)15-22(20,21)8-5-11(13(18)19)14-6-8/h2-6,14-15H,1H3,(H,16,17)(H,18,19). The lowest BCUT2D eigenvalue weighted by Crippen LogP contribution is -2.15. The maximum Gasteiger partial charge on any atom is 0.352 e. The van der Waals surface area contributed by atoms with Crippen molar-refractivity contribution >= 4 is 27.6 Å². The summed E-state index contributed by atoms with van der Waals surface area (Å²) >= 11 is 0. The summed E-state index contributed by atoms with van der Waals surface area (Å²) in [6.45, 7) is 1.68. The van der Waals surface area contributed by atoms with E-state index in [1.54, 1.807) is 13.0 Å². The number of nitrogens with one attached hydrogen (secondary N) is 2. The van der Waals surface area contributed by atoms with Gasteiger partial charge < -0.3 is 15.2 Å². The predicted octanol–water partition coefficient (Wildman–Crippen LogP) is 1.52. The number of aromatic nitrogens is 1. The van der Waals surface area contributed by atoms with Gasteiger partial charge in [-0.3, -0.25) is 4.72 Å². The number of carbonyl (C=O) groups is 2. The van der Waals surface area contributed by atoms with Gasteiger partial charge in [-0.15, -0.1) is 0 Å². The van der Waals surface area contributed by atoms with Crippen molar-refractivity contribution in [2.75, 3.05) is 4.72 Å². The number of aromatic amines is 1. The van der Waals surface area contributed by atoms with Crippen LogP contribution in [0.15, 0.2) is 35.4 Å². The van der Waals surface area contributed by atoms with Crippen molar-refractivity contribution in [1.82, 2.24) is 4.98 Å². The number of rotatable bonds is 5. The third kappa shape index (κ3) is 3.09. The molecule has 22 heavy (non-hydrogen) atoms. The topological polar surface area (TPSA) is 137 Å². The minimum atomic E-state index is -4.10. The van der Waals surface area contributed by atoms with Crippen molar-refractivity contribution in [2.45, 2.75) is 11.8 Å². The number of hydrogen-bond donors (Lipinski definition) is 4. The largest absolute Gasteiger partial charge is 0.478 e. The molecule has 1 aromatic heterocycles. The molecule has 8 nitrogen and oxygen atoms in total. The van der Waals surface area contributed by atoms with Crippen LogP contribution in [0.25, 0.3) is 0 Å². The Bertz CT molecular complexity index is 853. The van der Waals surface area contributed by atoms with E-state index in [4.69, 9.17) is 10.2 Å². The fraction of sp³-hybridized carbons (Fsp3) is 0.0769. The summed E-state index contributed by atoms with van der Waals surface area (Å²) < 4.78 is 26.5. The monoisotopic (exact) mass is 324 g/mol. The molecule has 0 radical (unpaired) electrons. The molecule has 4 N–H and O–H groups in total. The van der Waals surface area contributed by atoms with E-state index in [1.807, 2.05) is 0 Å². The number of anilines is 1. The molecule has 0 spiro atoms. The van der Waals surface area contributed by atoms with Gasteiger partial charge in [-0.2, -0.15) is 0 Å². The predicted molar refractivity (Wildman–Crippen MR) is 76.7 cm³/mol. The maximum atomic E-state index is 12.2. The van der Waals surface area contributed by atoms with Gasteiger partial charge in [0.25, 0.3) is 10.0 Å². The number of sulfonamides is 1. The second kappa shape index (κ2) is 5.53. The Morgan fingerprint density at radius 3 is 2.36 bits per heavy atom. The van der Waals surface area contributed by atoms with E-state index in [1.165, 1.54) is 12.1 Å². The summed E-state index contributed by atoms with van der Waals surface area (Å²) in [6, 6.07) is 5.17. The van der Waals surface area contributed by atoms with Gasteiger partial charge in [0, 0.05) is 6.20 Å². The van der Waals surface area contributed by atoms with Crippen LogP contribution < -0.4 is 4.72 Å². The highest BCUT2D eigenvalue weighted by molar-refractivity contribution is 7.92. The van der Waals surface area contributed by atoms with Crippen LogP contribution in [0.4, 0.5) is 5.69 Å². The van der Waals surface area contributed by atoms with Crippen molar-refractivity contribution < 1.29 is 28.2 Å². The lowest BCUT2D eigenvalue weighted by atomic mass is 10.1. The second-order valence-electron chi connectivity index (χ2n) is 4.51. The van der Waals surface area contributed by atoms with Crippen LogP contribution in [-0.2, 0) is 10.0 Å². The van der Waals surface area contributed by atoms with Crippen molar-refractivity contribution in [1.29, 1.82) is 0 Å². The molecular weight excluding hydrogens is 312 g/mol. The lowest BCUT2D eigenvalue weighted by Gasteiger charge is -2.10. The summed E-state index contributed by atoms with van der Waals surface area (Å²) in [5, 5.41) is 17.9. The Hall–Kier alpha value is -2.81. The molecule has 0 saturated heterocycles. The van der Waals surface area contributed by atoms with E-state index >= 15 is 0 Å². The van der Waals surface area contributed by atoms with Crippen LogP contribution >= 0.6 is 0 Å². The normalized spacial score (nSPS) is 11.1. The zero-order chi connectivity index (χ0) is 16.5. The Balaban J connectivity index is 2.40. The van der Waals surface area contributed by atoms with E-state index in [0.29, 0.717) is 5.56 Å². The van der Waals surface area contributed by atoms with Gasteiger partial charge in [0.1, 0.15) is 10.6 Å². The minimum absolute atomic E-state index is 0.101. The van der Waals surface area contributed by atoms with Gasteiger partial charge in [0.05, 0.1) is 11.3 Å². The Morgan fingerprint density at radius 2 is 1.82 bits per heavy atom. The summed E-state index contributed by atoms with van der Waals surface area (Å²) in [5.41, 5.74) is 0.0756. The fourth-order valence-electron chi connectivity index (χ4n) is 1.78. The average Bonchev–Trinajstić information content (AvgIpc) is 2.91. The number of benzene rings is 1. The highest BCUT2D eigenvalue weighted by atomic mass is 32.2. The van der Waals surface area contributed by atoms with Crippen LogP contribution in [-0.4, -0.2) is 35.6 Å². The summed E-state index contributed by atoms with van der Waals surface area (Å²) in [5.74, 6) is -2.58. The molecule has 0 amide bonds. The van der Waals surface area contributed by atoms with Gasteiger partial charge in [-0.25, -0.2) is 18.0 Å². The number of hydrogen-bond acceptors (Lipinski definition) is 4. The number of carboxylic acid groups (broad SMARTS) is 2. The molecule has 0 unspecified atom stereocenters. The van der Waals surface area contributed by atoms with E-state index in [9.17, 15) is 18.0 Å². The molecule has 0 aliphatic carbocycles. The quantitative estimate of drug-likeness (QED) is 0.658. The molecule has 9 heteroatoms. The number of aryl methyl sites for hydroxylation is 1. The van der Waals surface area contributed by atoms with E-state index in [-0.39, 0.29) is 21.8 Å². The van der Waals surface area contributed by atoms with Crippen molar-refractivity contribution in [2.24, 2.45) is 0 Å². The number of aromatic carboxylic acids is 2. The van der Waals surface area contributed by atoms with Gasteiger partial charge in [-0.05, 0) is 25.1 Å². The molecule has 0 saturated carbocycles. The first kappa shape index (κ1) is 15.6. The Kier molecular flexibility index (Phi) is 3.91. The first-order valence-corrected chi connectivity index (χ1v) is 7.47. The molecule has 0 bridgehead atoms. The molecular formula is C13H12N2O6S. The zero-order valence-electron chi connectivity index (χ0n) is 11.3. The minimum Gasteiger partial charge on any atom is -0.478 e. The highest BCUT2D eigenvalue weighted by Gasteiger charge is 2.21. The van der Waals surface area contributed by atoms with Gasteiger partial charge in [0.2, 0.25) is 0 Å². The van der Waals surface area contributed by atoms with Gasteiger partial charge in [0.15, 0.2) is 0 Å². The van der Waals surface area contributed by atoms with E-state index in [2.05, 4.69) is 9.71 Å². The SMILES string of the molecule is Cc1ccc(NS(=O)(=O)c2c[nH]c(C(=O)O)c2)c(C(=O)O)c1. The second-order valence-corrected chi connectivity index (χ2v) is 6.20. The molecule has 0 fully saturated rings. The molecule has 2 aromatic rings. The Labute approximate surface area is 125 Å². The van der Waals surface area contributed by atoms with Gasteiger partial charge in [-0.1, -0.05) is 11.6 Å². The summed E-state index contributed by atoms with van der Waals surface area (Å²) in [6.07, 6.45) is 1.01. The number of H-pyrrole nitrogens is 1. The van der Waals surface area contributed by atoms with Crippen molar-refractivity contribution in [3.63, 3.8) is 0 Å². The molecule has 0 atom stereocenters.